The smallest absolute Gasteiger partial charge is 0.453 e. The molecule has 0 aliphatic carbocycles. The third kappa shape index (κ3) is 4.89. The molecule has 0 saturated heterocycles. The average Bonchev–Trinajstić information content (AvgIpc) is 2.57. The fraction of sp³-hybridized carbons (Fsp3) is 0.316. The molecule has 2 aromatic carbocycles. The molecule has 0 atom stereocenters. The van der Waals surface area contributed by atoms with Crippen LogP contribution in [-0.2, 0) is 13.0 Å². The second kappa shape index (κ2) is 8.02. The summed E-state index contributed by atoms with van der Waals surface area (Å²) >= 11 is 0. The molecule has 0 aliphatic heterocycles. The first-order chi connectivity index (χ1) is 12.9. The molecule has 28 heavy (non-hydrogen) atoms. The fourth-order valence-corrected chi connectivity index (χ4v) is 2.49. The average molecular weight is 399 g/mol. The minimum Gasteiger partial charge on any atom is -0.455 e. The lowest BCUT2D eigenvalue weighted by atomic mass is 10.0. The highest BCUT2D eigenvalue weighted by molar-refractivity contribution is 5.68. The van der Waals surface area contributed by atoms with Gasteiger partial charge >= 0.3 is 12.1 Å². The van der Waals surface area contributed by atoms with Gasteiger partial charge in [-0.25, -0.2) is 4.85 Å². The van der Waals surface area contributed by atoms with E-state index < -0.39 is 24.1 Å². The van der Waals surface area contributed by atoms with E-state index in [9.17, 15) is 22.0 Å². The summed E-state index contributed by atoms with van der Waals surface area (Å²) in [5.74, 6) is -4.69. The van der Waals surface area contributed by atoms with Crippen molar-refractivity contribution in [3.8, 4) is 11.5 Å². The van der Waals surface area contributed by atoms with Gasteiger partial charge in [-0.3, -0.25) is 0 Å². The van der Waals surface area contributed by atoms with Crippen molar-refractivity contribution in [2.45, 2.75) is 25.1 Å². The molecule has 0 aromatic heterocycles. The molecule has 0 heterocycles. The van der Waals surface area contributed by atoms with E-state index in [0.29, 0.717) is 12.3 Å². The highest BCUT2D eigenvalue weighted by atomic mass is 19.4. The number of nitrogens with zero attached hydrogens (tertiary/aromatic N) is 2. The lowest BCUT2D eigenvalue weighted by Crippen LogP contribution is -2.38. The van der Waals surface area contributed by atoms with Gasteiger partial charge in [-0.05, 0) is 37.9 Å². The van der Waals surface area contributed by atoms with E-state index in [-0.39, 0.29) is 17.1 Å². The van der Waals surface area contributed by atoms with Crippen LogP contribution in [0, 0.1) is 6.57 Å². The first-order valence-electron chi connectivity index (χ1n) is 8.09. The van der Waals surface area contributed by atoms with Gasteiger partial charge in [-0.2, -0.15) is 22.0 Å². The highest BCUT2D eigenvalue weighted by Crippen LogP contribution is 2.42. The van der Waals surface area contributed by atoms with Crippen molar-refractivity contribution in [3.05, 3.63) is 58.9 Å². The van der Waals surface area contributed by atoms with E-state index in [4.69, 9.17) is 17.0 Å². The van der Waals surface area contributed by atoms with E-state index in [1.165, 1.54) is 0 Å². The second-order valence-electron chi connectivity index (χ2n) is 6.46. The summed E-state index contributed by atoms with van der Waals surface area (Å²) in [5.41, 5.74) is 5.68. The van der Waals surface area contributed by atoms with Crippen LogP contribution < -0.4 is 10.5 Å². The highest BCUT2D eigenvalue weighted by Gasteiger charge is 2.57. The van der Waals surface area contributed by atoms with E-state index in [2.05, 4.69) is 4.85 Å². The summed E-state index contributed by atoms with van der Waals surface area (Å²) in [6, 6.07) is 8.90. The van der Waals surface area contributed by atoms with Gasteiger partial charge in [0.25, 0.3) is 0 Å². The molecule has 0 spiro atoms. The third-order valence-corrected chi connectivity index (χ3v) is 3.84. The minimum atomic E-state index is -5.73. The summed E-state index contributed by atoms with van der Waals surface area (Å²) in [6.07, 6.45) is -7.41. The second-order valence-corrected chi connectivity index (χ2v) is 6.46. The summed E-state index contributed by atoms with van der Waals surface area (Å²) in [4.78, 5) is 4.89. The van der Waals surface area contributed by atoms with Crippen molar-refractivity contribution in [2.75, 3.05) is 19.8 Å². The van der Waals surface area contributed by atoms with Crippen LogP contribution in [0.15, 0.2) is 36.4 Å². The van der Waals surface area contributed by atoms with Gasteiger partial charge in [0, 0.05) is 18.5 Å². The first kappa shape index (κ1) is 21.4. The first-order valence-corrected chi connectivity index (χ1v) is 8.09. The molecular weight excluding hydrogens is 381 g/mol. The Bertz CT molecular complexity index is 888. The van der Waals surface area contributed by atoms with Crippen LogP contribution in [0.4, 0.5) is 33.3 Å². The molecule has 0 fully saturated rings. The topological polar surface area (TPSA) is 42.9 Å². The van der Waals surface area contributed by atoms with Crippen molar-refractivity contribution >= 4 is 11.4 Å². The molecule has 150 valence electrons. The van der Waals surface area contributed by atoms with Gasteiger partial charge in [0.05, 0.1) is 12.3 Å². The number of hydrogen-bond donors (Lipinski definition) is 1. The SMILES string of the molecule is [C-]#[N+]c1cc(N)c(Oc2ccccc2CN(C)C)cc1CC(F)(F)C(F)(F)F. The molecule has 0 aliphatic rings. The van der Waals surface area contributed by atoms with Gasteiger partial charge in [0.2, 0.25) is 0 Å². The van der Waals surface area contributed by atoms with Gasteiger partial charge < -0.3 is 15.4 Å². The Morgan fingerprint density at radius 3 is 2.25 bits per heavy atom. The van der Waals surface area contributed by atoms with Gasteiger partial charge in [-0.1, -0.05) is 18.2 Å². The van der Waals surface area contributed by atoms with Gasteiger partial charge in [0.15, 0.2) is 5.69 Å². The number of nitrogen functional groups attached to an aromatic ring is 1. The lowest BCUT2D eigenvalue weighted by Gasteiger charge is -2.21. The molecule has 2 rings (SSSR count). The zero-order chi connectivity index (χ0) is 21.1. The normalized spacial score (nSPS) is 12.1. The molecule has 0 amide bonds. The van der Waals surface area contributed by atoms with Crippen LogP contribution in [0.2, 0.25) is 0 Å². The molecule has 0 saturated carbocycles. The number of ether oxygens (including phenoxy) is 1. The summed E-state index contributed by atoms with van der Waals surface area (Å²) in [6.45, 7) is 7.55. The molecular formula is C19H18F5N3O. The van der Waals surface area contributed by atoms with E-state index in [0.717, 1.165) is 17.7 Å². The minimum absolute atomic E-state index is 0.0373. The largest absolute Gasteiger partial charge is 0.455 e. The summed E-state index contributed by atoms with van der Waals surface area (Å²) in [5, 5.41) is 0. The predicted molar refractivity (Wildman–Crippen MR) is 95.7 cm³/mol. The quantitative estimate of drug-likeness (QED) is 0.401. The number of alkyl halides is 5. The molecule has 2 N–H and O–H groups in total. The predicted octanol–water partition coefficient (Wildman–Crippen LogP) is 5.41. The summed E-state index contributed by atoms with van der Waals surface area (Å²) < 4.78 is 70.4. The lowest BCUT2D eigenvalue weighted by molar-refractivity contribution is -0.281. The van der Waals surface area contributed by atoms with Crippen LogP contribution in [-0.4, -0.2) is 31.1 Å². The maximum absolute atomic E-state index is 13.5. The Kier molecular flexibility index (Phi) is 6.14. The fourth-order valence-electron chi connectivity index (χ4n) is 2.49. The number of nitrogens with two attached hydrogens (primary N) is 1. The van der Waals surface area contributed by atoms with Crippen LogP contribution >= 0.6 is 0 Å². The summed E-state index contributed by atoms with van der Waals surface area (Å²) in [7, 11) is 3.68. The van der Waals surface area contributed by atoms with Gasteiger partial charge in [0.1, 0.15) is 11.5 Å². The Labute approximate surface area is 159 Å². The molecule has 2 aromatic rings. The third-order valence-electron chi connectivity index (χ3n) is 3.84. The van der Waals surface area contributed by atoms with Crippen LogP contribution in [0.5, 0.6) is 11.5 Å². The maximum atomic E-state index is 13.5. The van der Waals surface area contributed by atoms with Crippen molar-refractivity contribution in [3.63, 3.8) is 0 Å². The monoisotopic (exact) mass is 399 g/mol. The zero-order valence-corrected chi connectivity index (χ0v) is 15.1. The molecule has 4 nitrogen and oxygen atoms in total. The number of benzene rings is 2. The molecule has 0 unspecified atom stereocenters. The zero-order valence-electron chi connectivity index (χ0n) is 15.1. The Hall–Kier alpha value is -2.86. The number of anilines is 1. The van der Waals surface area contributed by atoms with Crippen LogP contribution in [0.1, 0.15) is 11.1 Å². The van der Waals surface area contributed by atoms with E-state index in [1.54, 1.807) is 24.3 Å². The maximum Gasteiger partial charge on any atom is 0.453 e. The Balaban J connectivity index is 2.44. The molecule has 9 heteroatoms. The Morgan fingerprint density at radius 2 is 1.68 bits per heavy atom. The van der Waals surface area contributed by atoms with Crippen molar-refractivity contribution < 1.29 is 26.7 Å². The van der Waals surface area contributed by atoms with Crippen molar-refractivity contribution in [1.82, 2.24) is 4.90 Å². The van der Waals surface area contributed by atoms with Crippen molar-refractivity contribution in [1.29, 1.82) is 0 Å². The number of halogens is 5. The van der Waals surface area contributed by atoms with Crippen LogP contribution in [0.25, 0.3) is 4.85 Å². The molecule has 0 bridgehead atoms. The van der Waals surface area contributed by atoms with Crippen molar-refractivity contribution in [2.24, 2.45) is 0 Å². The number of rotatable bonds is 6. The number of para-hydroxylation sites is 1. The standard InChI is InChI=1S/C19H18F5N3O/c1-26-15-9-14(25)17(8-13(15)10-18(20,21)19(22,23)24)28-16-7-5-4-6-12(16)11-27(2)3/h4-9H,10-11,25H2,2-3H3. The molecule has 0 radical (unpaired) electrons. The van der Waals surface area contributed by atoms with E-state index >= 15 is 0 Å². The van der Waals surface area contributed by atoms with Crippen LogP contribution in [0.3, 0.4) is 0 Å². The Morgan fingerprint density at radius 1 is 1.04 bits per heavy atom. The van der Waals surface area contributed by atoms with Gasteiger partial charge in [-0.15, -0.1) is 0 Å². The number of hydrogen-bond acceptors (Lipinski definition) is 3. The van der Waals surface area contributed by atoms with E-state index in [1.807, 2.05) is 19.0 Å².